The molecule has 0 fully saturated rings. The predicted molar refractivity (Wildman–Crippen MR) is 85.5 cm³/mol. The van der Waals surface area contributed by atoms with E-state index >= 15 is 0 Å². The highest BCUT2D eigenvalue weighted by molar-refractivity contribution is 9.10. The van der Waals surface area contributed by atoms with Gasteiger partial charge in [0.1, 0.15) is 5.75 Å². The fourth-order valence-electron chi connectivity index (χ4n) is 1.92. The summed E-state index contributed by atoms with van der Waals surface area (Å²) < 4.78 is 7.25. The Morgan fingerprint density at radius 1 is 1.11 bits per heavy atom. The Morgan fingerprint density at radius 2 is 1.79 bits per heavy atom. The van der Waals surface area contributed by atoms with Gasteiger partial charge in [-0.25, -0.2) is 0 Å². The van der Waals surface area contributed by atoms with Crippen molar-refractivity contribution in [3.63, 3.8) is 0 Å². The second-order valence-corrected chi connectivity index (χ2v) is 6.09. The molecular formula is C15H15Br2NO. The quantitative estimate of drug-likeness (QED) is 0.844. The van der Waals surface area contributed by atoms with Gasteiger partial charge in [0.25, 0.3) is 0 Å². The van der Waals surface area contributed by atoms with Crippen LogP contribution < -0.4 is 10.5 Å². The third-order valence-corrected chi connectivity index (χ3v) is 4.19. The van der Waals surface area contributed by atoms with Gasteiger partial charge in [-0.3, -0.25) is 0 Å². The van der Waals surface area contributed by atoms with Gasteiger partial charge in [-0.05, 0) is 41.8 Å². The molecule has 0 aliphatic rings. The van der Waals surface area contributed by atoms with Crippen LogP contribution >= 0.6 is 31.9 Å². The average molecular weight is 385 g/mol. The van der Waals surface area contributed by atoms with Crippen LogP contribution in [0.4, 0.5) is 0 Å². The third-order valence-electron chi connectivity index (χ3n) is 2.98. The van der Waals surface area contributed by atoms with E-state index in [1.54, 1.807) is 7.11 Å². The maximum absolute atomic E-state index is 6.27. The molecule has 0 aliphatic carbocycles. The summed E-state index contributed by atoms with van der Waals surface area (Å²) in [5.41, 5.74) is 8.58. The highest BCUT2D eigenvalue weighted by atomic mass is 79.9. The van der Waals surface area contributed by atoms with E-state index in [0.29, 0.717) is 0 Å². The number of ether oxygens (including phenoxy) is 1. The van der Waals surface area contributed by atoms with Crippen LogP contribution in [0.2, 0.25) is 0 Å². The van der Waals surface area contributed by atoms with Gasteiger partial charge in [-0.1, -0.05) is 50.1 Å². The van der Waals surface area contributed by atoms with Gasteiger partial charge in [-0.2, -0.15) is 0 Å². The highest BCUT2D eigenvalue weighted by Crippen LogP contribution is 2.28. The minimum atomic E-state index is -0.0403. The summed E-state index contributed by atoms with van der Waals surface area (Å²) in [6, 6.07) is 14.1. The molecule has 0 heterocycles. The van der Waals surface area contributed by atoms with Gasteiger partial charge in [0.15, 0.2) is 0 Å². The molecule has 0 saturated heterocycles. The first kappa shape index (κ1) is 14.6. The number of hydrogen-bond acceptors (Lipinski definition) is 2. The molecule has 0 amide bonds. The SMILES string of the molecule is COc1ccc(C(N)Cc2ccc(Br)cc2)c(Br)c1. The van der Waals surface area contributed by atoms with Crippen molar-refractivity contribution >= 4 is 31.9 Å². The Balaban J connectivity index is 2.15. The molecule has 1 atom stereocenters. The fourth-order valence-corrected chi connectivity index (χ4v) is 2.84. The summed E-state index contributed by atoms with van der Waals surface area (Å²) in [4.78, 5) is 0. The van der Waals surface area contributed by atoms with Crippen LogP contribution in [0.1, 0.15) is 17.2 Å². The molecule has 4 heteroatoms. The van der Waals surface area contributed by atoms with Crippen LogP contribution in [0, 0.1) is 0 Å². The molecule has 2 aromatic carbocycles. The van der Waals surface area contributed by atoms with E-state index in [9.17, 15) is 0 Å². The molecule has 0 radical (unpaired) electrons. The lowest BCUT2D eigenvalue weighted by Crippen LogP contribution is -2.14. The molecule has 0 spiro atoms. The smallest absolute Gasteiger partial charge is 0.120 e. The topological polar surface area (TPSA) is 35.2 Å². The summed E-state index contributed by atoms with van der Waals surface area (Å²) in [5.74, 6) is 0.825. The lowest BCUT2D eigenvalue weighted by molar-refractivity contribution is 0.414. The summed E-state index contributed by atoms with van der Waals surface area (Å²) in [6.07, 6.45) is 0.804. The first-order valence-corrected chi connectivity index (χ1v) is 7.52. The monoisotopic (exact) mass is 383 g/mol. The number of rotatable bonds is 4. The zero-order valence-electron chi connectivity index (χ0n) is 10.6. The molecule has 2 aromatic rings. The molecule has 1 unspecified atom stereocenters. The lowest BCUT2D eigenvalue weighted by atomic mass is 10.00. The number of methoxy groups -OCH3 is 1. The van der Waals surface area contributed by atoms with Crippen molar-refractivity contribution in [2.24, 2.45) is 5.73 Å². The van der Waals surface area contributed by atoms with Crippen LogP contribution in [-0.2, 0) is 6.42 Å². The molecule has 0 aromatic heterocycles. The Morgan fingerprint density at radius 3 is 2.37 bits per heavy atom. The average Bonchev–Trinajstić information content (AvgIpc) is 2.41. The maximum atomic E-state index is 6.27. The van der Waals surface area contributed by atoms with Crippen molar-refractivity contribution < 1.29 is 4.74 Å². The zero-order valence-corrected chi connectivity index (χ0v) is 13.7. The van der Waals surface area contributed by atoms with Crippen molar-refractivity contribution in [3.05, 3.63) is 62.5 Å². The van der Waals surface area contributed by atoms with Gasteiger partial charge in [-0.15, -0.1) is 0 Å². The van der Waals surface area contributed by atoms with Crippen LogP contribution in [0.3, 0.4) is 0 Å². The Kier molecular flexibility index (Phi) is 5.02. The standard InChI is InChI=1S/C15H15Br2NO/c1-19-12-6-7-13(14(17)9-12)15(18)8-10-2-4-11(16)5-3-10/h2-7,9,15H,8,18H2,1H3. The predicted octanol–water partition coefficient (Wildman–Crippen LogP) is 4.46. The van der Waals surface area contributed by atoms with Crippen LogP contribution in [0.5, 0.6) is 5.75 Å². The van der Waals surface area contributed by atoms with Crippen LogP contribution in [0.25, 0.3) is 0 Å². The summed E-state index contributed by atoms with van der Waals surface area (Å²) in [5, 5.41) is 0. The number of benzene rings is 2. The first-order valence-electron chi connectivity index (χ1n) is 5.93. The summed E-state index contributed by atoms with van der Waals surface area (Å²) >= 11 is 6.98. The number of halogens is 2. The summed E-state index contributed by atoms with van der Waals surface area (Å²) in [6.45, 7) is 0. The lowest BCUT2D eigenvalue weighted by Gasteiger charge is -2.15. The minimum Gasteiger partial charge on any atom is -0.497 e. The van der Waals surface area contributed by atoms with Gasteiger partial charge in [0.05, 0.1) is 7.11 Å². The Bertz CT molecular complexity index is 555. The van der Waals surface area contributed by atoms with E-state index in [1.807, 2.05) is 30.3 Å². The van der Waals surface area contributed by atoms with Crippen LogP contribution in [-0.4, -0.2) is 7.11 Å². The van der Waals surface area contributed by atoms with Gasteiger partial charge < -0.3 is 10.5 Å². The van der Waals surface area contributed by atoms with E-state index in [0.717, 1.165) is 26.7 Å². The van der Waals surface area contributed by atoms with E-state index in [-0.39, 0.29) is 6.04 Å². The number of hydrogen-bond donors (Lipinski definition) is 1. The van der Waals surface area contributed by atoms with Gasteiger partial charge in [0, 0.05) is 15.0 Å². The maximum Gasteiger partial charge on any atom is 0.120 e. The minimum absolute atomic E-state index is 0.0403. The first-order chi connectivity index (χ1) is 9.10. The molecule has 0 aliphatic heterocycles. The molecule has 2 N–H and O–H groups in total. The Labute approximate surface area is 130 Å². The van der Waals surface area contributed by atoms with Crippen molar-refractivity contribution in [2.45, 2.75) is 12.5 Å². The molecule has 0 bridgehead atoms. The third kappa shape index (κ3) is 3.81. The highest BCUT2D eigenvalue weighted by Gasteiger charge is 2.11. The zero-order chi connectivity index (χ0) is 13.8. The van der Waals surface area contributed by atoms with E-state index in [4.69, 9.17) is 10.5 Å². The molecule has 100 valence electrons. The van der Waals surface area contributed by atoms with Gasteiger partial charge in [0.2, 0.25) is 0 Å². The van der Waals surface area contributed by atoms with E-state index < -0.39 is 0 Å². The van der Waals surface area contributed by atoms with E-state index in [2.05, 4.69) is 44.0 Å². The number of nitrogens with two attached hydrogens (primary N) is 1. The molecule has 2 rings (SSSR count). The molecular weight excluding hydrogens is 370 g/mol. The van der Waals surface area contributed by atoms with Crippen molar-refractivity contribution in [1.82, 2.24) is 0 Å². The second kappa shape index (κ2) is 6.55. The fraction of sp³-hybridized carbons (Fsp3) is 0.200. The second-order valence-electron chi connectivity index (χ2n) is 4.32. The normalized spacial score (nSPS) is 12.2. The van der Waals surface area contributed by atoms with Crippen LogP contribution in [0.15, 0.2) is 51.4 Å². The Hall–Kier alpha value is -0.840. The summed E-state index contributed by atoms with van der Waals surface area (Å²) in [7, 11) is 1.66. The molecule has 19 heavy (non-hydrogen) atoms. The van der Waals surface area contributed by atoms with E-state index in [1.165, 1.54) is 5.56 Å². The molecule has 2 nitrogen and oxygen atoms in total. The van der Waals surface area contributed by atoms with Gasteiger partial charge >= 0.3 is 0 Å². The molecule has 0 saturated carbocycles. The van der Waals surface area contributed by atoms with Crippen molar-refractivity contribution in [1.29, 1.82) is 0 Å². The van der Waals surface area contributed by atoms with Crippen molar-refractivity contribution in [2.75, 3.05) is 7.11 Å². The largest absolute Gasteiger partial charge is 0.497 e. The van der Waals surface area contributed by atoms with Crippen molar-refractivity contribution in [3.8, 4) is 5.75 Å².